The number of ether oxygens (including phenoxy) is 2. The van der Waals surface area contributed by atoms with Crippen molar-refractivity contribution in [3.63, 3.8) is 0 Å². The average Bonchev–Trinajstić information content (AvgIpc) is 3.30. The van der Waals surface area contributed by atoms with Crippen LogP contribution in [-0.2, 0) is 14.3 Å². The summed E-state index contributed by atoms with van der Waals surface area (Å²) in [4.78, 5) is 17.7. The summed E-state index contributed by atoms with van der Waals surface area (Å²) in [5.41, 5.74) is 2.48. The lowest BCUT2D eigenvalue weighted by Crippen LogP contribution is -2.40. The summed E-state index contributed by atoms with van der Waals surface area (Å²) in [6, 6.07) is 6.14. The highest BCUT2D eigenvalue weighted by atomic mass is 31.1. The van der Waals surface area contributed by atoms with Gasteiger partial charge in [-0.3, -0.25) is 9.78 Å². The highest BCUT2D eigenvalue weighted by molar-refractivity contribution is 7.70. The zero-order valence-electron chi connectivity index (χ0n) is 18.8. The summed E-state index contributed by atoms with van der Waals surface area (Å²) < 4.78 is 12.7. The minimum Gasteiger partial charge on any atom is -0.435 e. The van der Waals surface area contributed by atoms with E-state index >= 15 is 0 Å². The third kappa shape index (κ3) is 3.01. The van der Waals surface area contributed by atoms with Crippen molar-refractivity contribution in [1.29, 1.82) is 0 Å². The molecule has 0 amide bonds. The Kier molecular flexibility index (Phi) is 5.10. The van der Waals surface area contributed by atoms with Crippen molar-refractivity contribution < 1.29 is 14.3 Å². The molecule has 4 nitrogen and oxygen atoms in total. The fraction of sp³-hybridized carbons (Fsp3) is 0.680. The van der Waals surface area contributed by atoms with E-state index in [0.29, 0.717) is 11.8 Å². The Hall–Kier alpha value is -1.25. The number of carbonyl (C=O) groups excluding carboxylic acids is 1. The number of rotatable bonds is 4. The molecule has 3 aliphatic heterocycles. The molecule has 1 saturated carbocycles. The van der Waals surface area contributed by atoms with Gasteiger partial charge in [-0.2, -0.15) is 0 Å². The molecule has 162 valence electrons. The van der Waals surface area contributed by atoms with Crippen LogP contribution in [-0.4, -0.2) is 35.2 Å². The molecule has 5 rings (SSSR count). The summed E-state index contributed by atoms with van der Waals surface area (Å²) in [5, 5.41) is 1.39. The molecule has 8 atom stereocenters. The maximum Gasteiger partial charge on any atom is 0.313 e. The first-order chi connectivity index (χ1) is 14.3. The fourth-order valence-electron chi connectivity index (χ4n) is 6.53. The van der Waals surface area contributed by atoms with Crippen molar-refractivity contribution in [3.8, 4) is 0 Å². The molecule has 5 heteroatoms. The van der Waals surface area contributed by atoms with Crippen LogP contribution in [0.2, 0.25) is 0 Å². The Morgan fingerprint density at radius 1 is 1.30 bits per heavy atom. The third-order valence-corrected chi connectivity index (χ3v) is 11.7. The molecule has 2 saturated heterocycles. The minimum absolute atomic E-state index is 0.0396. The molecule has 4 aliphatic rings. The van der Waals surface area contributed by atoms with E-state index in [-0.39, 0.29) is 35.4 Å². The van der Waals surface area contributed by atoms with Crippen LogP contribution in [0.4, 0.5) is 0 Å². The quantitative estimate of drug-likeness (QED) is 0.459. The minimum atomic E-state index is -0.522. The van der Waals surface area contributed by atoms with Crippen LogP contribution < -0.4 is 0 Å². The second kappa shape index (κ2) is 7.41. The van der Waals surface area contributed by atoms with E-state index in [1.807, 2.05) is 12.3 Å². The summed E-state index contributed by atoms with van der Waals surface area (Å²) in [6.07, 6.45) is 6.24. The Labute approximate surface area is 181 Å². The van der Waals surface area contributed by atoms with Crippen molar-refractivity contribution in [2.75, 3.05) is 6.16 Å². The molecular formula is C25H34NO3P. The lowest BCUT2D eigenvalue weighted by Gasteiger charge is -2.39. The Morgan fingerprint density at radius 3 is 2.80 bits per heavy atom. The molecule has 2 bridgehead atoms. The topological polar surface area (TPSA) is 48.4 Å². The number of hydrogen-bond donors (Lipinski definition) is 0. The van der Waals surface area contributed by atoms with Gasteiger partial charge in [0.15, 0.2) is 0 Å². The van der Waals surface area contributed by atoms with Gasteiger partial charge in [0.05, 0.1) is 23.4 Å². The van der Waals surface area contributed by atoms with Crippen LogP contribution in [0.1, 0.15) is 59.6 Å². The predicted octanol–water partition coefficient (Wildman–Crippen LogP) is 5.67. The second-order valence-corrected chi connectivity index (χ2v) is 12.8. The first kappa shape index (κ1) is 20.6. The molecule has 0 spiro atoms. The number of carbonyl (C=O) groups is 1. The number of aromatic nitrogens is 1. The van der Waals surface area contributed by atoms with Gasteiger partial charge < -0.3 is 9.47 Å². The maximum atomic E-state index is 13.0. The molecule has 1 aliphatic carbocycles. The Bertz CT molecular complexity index is 868. The number of allylic oxidation sites excluding steroid dienone is 1. The van der Waals surface area contributed by atoms with Gasteiger partial charge >= 0.3 is 5.97 Å². The van der Waals surface area contributed by atoms with Crippen LogP contribution >= 0.6 is 7.92 Å². The molecule has 5 unspecified atom stereocenters. The Morgan fingerprint density at radius 2 is 2.10 bits per heavy atom. The van der Waals surface area contributed by atoms with Gasteiger partial charge in [-0.15, -0.1) is 0 Å². The van der Waals surface area contributed by atoms with E-state index in [4.69, 9.17) is 9.47 Å². The molecular weight excluding hydrogens is 393 g/mol. The van der Waals surface area contributed by atoms with Gasteiger partial charge in [0, 0.05) is 16.9 Å². The lowest BCUT2D eigenvalue weighted by atomic mass is 9.72. The van der Waals surface area contributed by atoms with Crippen LogP contribution in [0.3, 0.4) is 0 Å². The number of pyridine rings is 1. The summed E-state index contributed by atoms with van der Waals surface area (Å²) in [5.74, 6) is 1.78. The fourth-order valence-corrected chi connectivity index (χ4v) is 10.7. The monoisotopic (exact) mass is 427 g/mol. The largest absolute Gasteiger partial charge is 0.435 e. The molecule has 1 aromatic heterocycles. The lowest BCUT2D eigenvalue weighted by molar-refractivity contribution is -0.185. The summed E-state index contributed by atoms with van der Waals surface area (Å²) in [7, 11) is -0.522. The van der Waals surface area contributed by atoms with Gasteiger partial charge in [0.1, 0.15) is 0 Å². The first-order valence-corrected chi connectivity index (χ1v) is 13.2. The van der Waals surface area contributed by atoms with Crippen LogP contribution in [0, 0.1) is 29.1 Å². The van der Waals surface area contributed by atoms with Crippen LogP contribution in [0.25, 0.3) is 5.31 Å². The molecule has 0 aromatic carbocycles. The van der Waals surface area contributed by atoms with Crippen LogP contribution in [0.15, 0.2) is 30.0 Å². The van der Waals surface area contributed by atoms with E-state index in [0.717, 1.165) is 24.2 Å². The SMILES string of the molecule is CC1=C(c2ccccn2)P2CC1(C)C1C(=O)O[C@@H](OC3CC[C@H](C)C[C@H]3C(C)C)C12. The molecule has 0 radical (unpaired) electrons. The molecule has 1 aromatic rings. The number of hydrogen-bond acceptors (Lipinski definition) is 4. The molecule has 3 fully saturated rings. The highest BCUT2D eigenvalue weighted by Crippen LogP contribution is 2.78. The highest BCUT2D eigenvalue weighted by Gasteiger charge is 2.68. The zero-order valence-corrected chi connectivity index (χ0v) is 19.7. The number of nitrogens with zero attached hydrogens (tertiary/aromatic N) is 1. The van der Waals surface area contributed by atoms with E-state index in [2.05, 4.69) is 51.7 Å². The van der Waals surface area contributed by atoms with Gasteiger partial charge in [0.25, 0.3) is 0 Å². The second-order valence-electron chi connectivity index (χ2n) is 10.5. The van der Waals surface area contributed by atoms with Gasteiger partial charge in [0.2, 0.25) is 6.29 Å². The van der Waals surface area contributed by atoms with Crippen molar-refractivity contribution in [2.45, 2.75) is 71.9 Å². The van der Waals surface area contributed by atoms with Crippen molar-refractivity contribution in [1.82, 2.24) is 4.98 Å². The Balaban J connectivity index is 1.45. The summed E-state index contributed by atoms with van der Waals surface area (Å²) in [6.45, 7) is 11.4. The van der Waals surface area contributed by atoms with Gasteiger partial charge in [-0.05, 0) is 62.2 Å². The first-order valence-electron chi connectivity index (χ1n) is 11.6. The average molecular weight is 428 g/mol. The van der Waals surface area contributed by atoms with Crippen LogP contribution in [0.5, 0.6) is 0 Å². The van der Waals surface area contributed by atoms with Crippen molar-refractivity contribution in [2.24, 2.45) is 29.1 Å². The smallest absolute Gasteiger partial charge is 0.313 e. The van der Waals surface area contributed by atoms with E-state index < -0.39 is 7.92 Å². The van der Waals surface area contributed by atoms with E-state index in [1.54, 1.807) is 0 Å². The van der Waals surface area contributed by atoms with Gasteiger partial charge in [-0.25, -0.2) is 0 Å². The third-order valence-electron chi connectivity index (χ3n) is 8.32. The van der Waals surface area contributed by atoms with Crippen molar-refractivity contribution in [3.05, 3.63) is 35.7 Å². The predicted molar refractivity (Wildman–Crippen MR) is 120 cm³/mol. The van der Waals surface area contributed by atoms with E-state index in [9.17, 15) is 4.79 Å². The standard InChI is InChI=1S/C25H34NO3P/c1-14(2)17-12-15(3)9-10-19(17)28-24-22-20(23(27)29-24)25(5)13-30(22)21(16(25)4)18-8-6-7-11-26-18/h6-8,11,14-15,17,19-20,22,24H,9-10,12-13H2,1-5H3/t15-,17-,19?,20?,22?,24+,25?,30?/m0/s1. The van der Waals surface area contributed by atoms with E-state index in [1.165, 1.54) is 23.7 Å². The molecule has 4 heterocycles. The number of esters is 1. The normalized spacial score (nSPS) is 42.7. The van der Waals surface area contributed by atoms with Crippen molar-refractivity contribution >= 4 is 19.2 Å². The summed E-state index contributed by atoms with van der Waals surface area (Å²) >= 11 is 0. The maximum absolute atomic E-state index is 13.0. The number of fused-ring (bicyclic) bond motifs is 5. The number of cyclic esters (lactones) is 1. The molecule has 0 N–H and O–H groups in total. The van der Waals surface area contributed by atoms with Gasteiger partial charge in [-0.1, -0.05) is 47.3 Å². The molecule has 30 heavy (non-hydrogen) atoms. The zero-order chi connectivity index (χ0) is 21.2.